The molecule has 0 aromatic heterocycles. The molecule has 2 aromatic rings. The molecule has 2 aromatic carbocycles. The van der Waals surface area contributed by atoms with E-state index >= 15 is 0 Å². The van der Waals surface area contributed by atoms with Gasteiger partial charge in [-0.3, -0.25) is 9.89 Å². The van der Waals surface area contributed by atoms with Crippen LogP contribution in [-0.2, 0) is 19.4 Å². The van der Waals surface area contributed by atoms with Gasteiger partial charge in [-0.1, -0.05) is 42.5 Å². The monoisotopic (exact) mass is 534 g/mol. The molecule has 168 valence electrons. The standard InChI is InChI=1S/C25H34N4O.HI/c1-19-16-23(11-14-29(19)18-21-6-4-3-5-7-21)28-25(26-2)27-13-10-20-8-9-24-22(17-20)12-15-30-24;/h3-9,17,19,23H,10-16,18H2,1-2H3,(H2,26,27,28);1H. The van der Waals surface area contributed by atoms with E-state index in [4.69, 9.17) is 4.74 Å². The summed E-state index contributed by atoms with van der Waals surface area (Å²) in [6, 6.07) is 18.4. The van der Waals surface area contributed by atoms with E-state index in [0.29, 0.717) is 12.1 Å². The zero-order chi connectivity index (χ0) is 20.8. The molecule has 31 heavy (non-hydrogen) atoms. The van der Waals surface area contributed by atoms with Crippen LogP contribution in [0.1, 0.15) is 36.5 Å². The number of ether oxygens (including phenoxy) is 1. The van der Waals surface area contributed by atoms with Crippen molar-refractivity contribution in [1.82, 2.24) is 15.5 Å². The van der Waals surface area contributed by atoms with Crippen LogP contribution in [0.15, 0.2) is 53.5 Å². The molecule has 5 nitrogen and oxygen atoms in total. The number of rotatable bonds is 6. The Balaban J connectivity index is 0.00000272. The first-order valence-electron chi connectivity index (χ1n) is 11.2. The molecule has 1 saturated heterocycles. The second-order valence-electron chi connectivity index (χ2n) is 8.46. The van der Waals surface area contributed by atoms with E-state index in [1.807, 2.05) is 7.05 Å². The average Bonchev–Trinajstić information content (AvgIpc) is 3.23. The molecule has 2 atom stereocenters. The van der Waals surface area contributed by atoms with Crippen molar-refractivity contribution < 1.29 is 4.74 Å². The number of aliphatic imine (C=N–C) groups is 1. The maximum Gasteiger partial charge on any atom is 0.191 e. The van der Waals surface area contributed by atoms with E-state index in [9.17, 15) is 0 Å². The van der Waals surface area contributed by atoms with Gasteiger partial charge in [0.15, 0.2) is 5.96 Å². The van der Waals surface area contributed by atoms with Gasteiger partial charge < -0.3 is 15.4 Å². The summed E-state index contributed by atoms with van der Waals surface area (Å²) in [6.45, 7) is 6.18. The first kappa shape index (κ1) is 23.9. The Hall–Kier alpha value is -1.80. The number of hydrogen-bond donors (Lipinski definition) is 2. The molecule has 0 amide bonds. The highest BCUT2D eigenvalue weighted by Crippen LogP contribution is 2.26. The van der Waals surface area contributed by atoms with Gasteiger partial charge >= 0.3 is 0 Å². The van der Waals surface area contributed by atoms with Crippen molar-refractivity contribution in [2.45, 2.75) is 51.2 Å². The van der Waals surface area contributed by atoms with E-state index in [1.54, 1.807) is 0 Å². The first-order chi connectivity index (χ1) is 14.7. The minimum atomic E-state index is 0. The molecular weight excluding hydrogens is 499 g/mol. The molecule has 0 radical (unpaired) electrons. The van der Waals surface area contributed by atoms with Crippen LogP contribution >= 0.6 is 24.0 Å². The number of halogens is 1. The number of nitrogens with one attached hydrogen (secondary N) is 2. The molecule has 2 unspecified atom stereocenters. The van der Waals surface area contributed by atoms with Gasteiger partial charge in [0.1, 0.15) is 5.75 Å². The molecule has 2 heterocycles. The van der Waals surface area contributed by atoms with Crippen molar-refractivity contribution in [2.24, 2.45) is 4.99 Å². The number of piperidine rings is 1. The Kier molecular flexibility index (Phi) is 9.02. The van der Waals surface area contributed by atoms with Gasteiger partial charge in [-0.05, 0) is 48.9 Å². The van der Waals surface area contributed by atoms with Gasteiger partial charge in [0.2, 0.25) is 0 Å². The Morgan fingerprint density at radius 1 is 1.16 bits per heavy atom. The van der Waals surface area contributed by atoms with Gasteiger partial charge in [-0.25, -0.2) is 0 Å². The molecule has 0 bridgehead atoms. The van der Waals surface area contributed by atoms with Crippen LogP contribution in [0, 0.1) is 0 Å². The molecule has 0 spiro atoms. The van der Waals surface area contributed by atoms with E-state index in [0.717, 1.165) is 63.6 Å². The second kappa shape index (κ2) is 11.7. The van der Waals surface area contributed by atoms with Gasteiger partial charge in [-0.2, -0.15) is 0 Å². The normalized spacial score (nSPS) is 21.0. The number of hydrogen-bond acceptors (Lipinski definition) is 3. The zero-order valence-corrected chi connectivity index (χ0v) is 21.0. The summed E-state index contributed by atoms with van der Waals surface area (Å²) in [5, 5.41) is 7.13. The van der Waals surface area contributed by atoms with Crippen LogP contribution in [0.5, 0.6) is 5.75 Å². The molecule has 2 aliphatic heterocycles. The highest BCUT2D eigenvalue weighted by atomic mass is 127. The molecule has 1 fully saturated rings. The third-order valence-electron chi connectivity index (χ3n) is 6.27. The maximum atomic E-state index is 5.60. The number of likely N-dealkylation sites (tertiary alicyclic amines) is 1. The minimum absolute atomic E-state index is 0. The largest absolute Gasteiger partial charge is 0.493 e. The molecule has 0 saturated carbocycles. The first-order valence-corrected chi connectivity index (χ1v) is 11.2. The molecule has 4 rings (SSSR count). The number of nitrogens with zero attached hydrogens (tertiary/aromatic N) is 2. The fourth-order valence-corrected chi connectivity index (χ4v) is 4.51. The lowest BCUT2D eigenvalue weighted by Gasteiger charge is -2.38. The number of benzene rings is 2. The molecule has 2 aliphatic rings. The van der Waals surface area contributed by atoms with Crippen LogP contribution in [0.2, 0.25) is 0 Å². The van der Waals surface area contributed by atoms with Crippen molar-refractivity contribution in [2.75, 3.05) is 26.7 Å². The van der Waals surface area contributed by atoms with Crippen molar-refractivity contribution >= 4 is 29.9 Å². The summed E-state index contributed by atoms with van der Waals surface area (Å²) in [5.41, 5.74) is 4.09. The third-order valence-corrected chi connectivity index (χ3v) is 6.27. The van der Waals surface area contributed by atoms with Crippen molar-refractivity contribution in [1.29, 1.82) is 0 Å². The van der Waals surface area contributed by atoms with Crippen LogP contribution in [0.3, 0.4) is 0 Å². The lowest BCUT2D eigenvalue weighted by molar-refractivity contribution is 0.134. The zero-order valence-electron chi connectivity index (χ0n) is 18.6. The summed E-state index contributed by atoms with van der Waals surface area (Å²) in [4.78, 5) is 7.03. The number of guanidine groups is 1. The topological polar surface area (TPSA) is 48.9 Å². The summed E-state index contributed by atoms with van der Waals surface area (Å²) in [5.74, 6) is 1.96. The smallest absolute Gasteiger partial charge is 0.191 e. The minimum Gasteiger partial charge on any atom is -0.493 e. The summed E-state index contributed by atoms with van der Waals surface area (Å²) in [6.07, 6.45) is 4.29. The van der Waals surface area contributed by atoms with Gasteiger partial charge in [0, 0.05) is 45.2 Å². The lowest BCUT2D eigenvalue weighted by atomic mass is 9.97. The van der Waals surface area contributed by atoms with Crippen LogP contribution < -0.4 is 15.4 Å². The molecule has 2 N–H and O–H groups in total. The second-order valence-corrected chi connectivity index (χ2v) is 8.46. The fourth-order valence-electron chi connectivity index (χ4n) is 4.51. The summed E-state index contributed by atoms with van der Waals surface area (Å²) < 4.78 is 5.60. The highest BCUT2D eigenvalue weighted by molar-refractivity contribution is 14.0. The van der Waals surface area contributed by atoms with Gasteiger partial charge in [0.25, 0.3) is 0 Å². The van der Waals surface area contributed by atoms with E-state index in [-0.39, 0.29) is 24.0 Å². The molecular formula is C25H35IN4O. The van der Waals surface area contributed by atoms with E-state index in [1.165, 1.54) is 16.7 Å². The van der Waals surface area contributed by atoms with E-state index in [2.05, 4.69) is 76.0 Å². The predicted molar refractivity (Wildman–Crippen MR) is 139 cm³/mol. The number of fused-ring (bicyclic) bond motifs is 1. The molecule has 6 heteroatoms. The van der Waals surface area contributed by atoms with Crippen molar-refractivity contribution in [3.05, 3.63) is 65.2 Å². The SMILES string of the molecule is CN=C(NCCc1ccc2c(c1)CCO2)NC1CCN(Cc2ccccc2)C(C)C1.I. The fraction of sp³-hybridized carbons (Fsp3) is 0.480. The predicted octanol–water partition coefficient (Wildman–Crippen LogP) is 4.00. The lowest BCUT2D eigenvalue weighted by Crippen LogP contribution is -2.51. The van der Waals surface area contributed by atoms with Crippen molar-refractivity contribution in [3.63, 3.8) is 0 Å². The summed E-state index contributed by atoms with van der Waals surface area (Å²) >= 11 is 0. The van der Waals surface area contributed by atoms with Gasteiger partial charge in [0.05, 0.1) is 6.61 Å². The van der Waals surface area contributed by atoms with Gasteiger partial charge in [-0.15, -0.1) is 24.0 Å². The Bertz CT molecular complexity index is 858. The van der Waals surface area contributed by atoms with Crippen LogP contribution in [0.4, 0.5) is 0 Å². The third kappa shape index (κ3) is 6.59. The van der Waals surface area contributed by atoms with E-state index < -0.39 is 0 Å². The van der Waals surface area contributed by atoms with Crippen molar-refractivity contribution in [3.8, 4) is 5.75 Å². The Morgan fingerprint density at radius 3 is 2.77 bits per heavy atom. The average molecular weight is 534 g/mol. The Labute approximate surface area is 203 Å². The highest BCUT2D eigenvalue weighted by Gasteiger charge is 2.25. The van der Waals surface area contributed by atoms with Crippen LogP contribution in [-0.4, -0.2) is 49.7 Å². The van der Waals surface area contributed by atoms with Crippen LogP contribution in [0.25, 0.3) is 0 Å². The quantitative estimate of drug-likeness (QED) is 0.334. The summed E-state index contributed by atoms with van der Waals surface area (Å²) in [7, 11) is 1.86. The molecule has 0 aliphatic carbocycles. The Morgan fingerprint density at radius 2 is 2.00 bits per heavy atom. The maximum absolute atomic E-state index is 5.60.